The van der Waals surface area contributed by atoms with Crippen LogP contribution >= 0.6 is 13.5 Å². The van der Waals surface area contributed by atoms with Gasteiger partial charge in [0.2, 0.25) is 5.91 Å². The van der Waals surface area contributed by atoms with Gasteiger partial charge in [-0.15, -0.1) is 0 Å². The molecule has 0 bridgehead atoms. The lowest BCUT2D eigenvalue weighted by Crippen LogP contribution is -2.51. The van der Waals surface area contributed by atoms with Gasteiger partial charge >= 0.3 is 0 Å². The summed E-state index contributed by atoms with van der Waals surface area (Å²) in [5.41, 5.74) is 2.28. The van der Waals surface area contributed by atoms with Crippen molar-refractivity contribution in [1.82, 2.24) is 5.32 Å². The van der Waals surface area contributed by atoms with Crippen LogP contribution in [0.4, 0.5) is 15.8 Å². The zero-order valence-electron chi connectivity index (χ0n) is 15.2. The largest absolute Gasteiger partial charge is 0.325 e. The smallest absolute Gasteiger partial charge is 0.244 e. The van der Waals surface area contributed by atoms with E-state index in [4.69, 9.17) is 6.57 Å². The molecule has 2 aromatic carbocycles. The number of nitrogens with zero attached hydrogens (tertiary/aromatic N) is 1. The minimum absolute atomic E-state index is 0. The monoisotopic (exact) mass is 373 g/mol. The highest BCUT2D eigenvalue weighted by atomic mass is 32.1. The molecule has 6 heteroatoms. The Balaban J connectivity index is 0.00000338. The van der Waals surface area contributed by atoms with Crippen LogP contribution in [0.5, 0.6) is 0 Å². The summed E-state index contributed by atoms with van der Waals surface area (Å²) in [7, 11) is 1.75. The number of aryl methyl sites for hydroxylation is 2. The summed E-state index contributed by atoms with van der Waals surface area (Å²) in [6.45, 7) is 10.8. The molecule has 1 amide bonds. The minimum Gasteiger partial charge on any atom is -0.325 e. The first-order valence-electron chi connectivity index (χ1n) is 8.11. The van der Waals surface area contributed by atoms with E-state index in [0.29, 0.717) is 24.2 Å². The maximum atomic E-state index is 13.0. The Morgan fingerprint density at radius 2 is 1.88 bits per heavy atom. The molecule has 2 N–H and O–H groups in total. The molecule has 0 aromatic heterocycles. The molecule has 2 aromatic rings. The fourth-order valence-electron chi connectivity index (χ4n) is 2.53. The molecular weight excluding hydrogens is 349 g/mol. The summed E-state index contributed by atoms with van der Waals surface area (Å²) in [4.78, 5) is 16.1. The molecule has 0 aliphatic carbocycles. The van der Waals surface area contributed by atoms with Crippen molar-refractivity contribution < 1.29 is 9.18 Å². The lowest BCUT2D eigenvalue weighted by molar-refractivity contribution is -0.121. The average molecular weight is 373 g/mol. The zero-order valence-corrected chi connectivity index (χ0v) is 16.2. The Morgan fingerprint density at radius 1 is 1.23 bits per heavy atom. The van der Waals surface area contributed by atoms with Crippen molar-refractivity contribution in [1.29, 1.82) is 0 Å². The van der Waals surface area contributed by atoms with Crippen molar-refractivity contribution in [3.05, 3.63) is 70.8 Å². The summed E-state index contributed by atoms with van der Waals surface area (Å²) < 4.78 is 13.0. The summed E-state index contributed by atoms with van der Waals surface area (Å²) in [6, 6.07) is 11.5. The first-order valence-corrected chi connectivity index (χ1v) is 8.11. The van der Waals surface area contributed by atoms with Gasteiger partial charge in [-0.3, -0.25) is 4.79 Å². The van der Waals surface area contributed by atoms with Gasteiger partial charge in [0, 0.05) is 5.69 Å². The van der Waals surface area contributed by atoms with Crippen LogP contribution < -0.4 is 10.6 Å². The highest BCUT2D eigenvalue weighted by Crippen LogP contribution is 2.23. The van der Waals surface area contributed by atoms with Crippen LogP contribution in [0.15, 0.2) is 42.5 Å². The van der Waals surface area contributed by atoms with E-state index in [1.54, 1.807) is 37.4 Å². The van der Waals surface area contributed by atoms with E-state index in [0.717, 1.165) is 11.1 Å². The standard InChI is InChI=1S/C20H22FN3O.H2S/c1-14-13-17(9-10-18(14)22-3)24-19(25)20(2,23-4)12-11-15-5-7-16(21)8-6-15;/h5-10,13,23H,11-12H2,1-2,4H3,(H,24,25);1H2/t20-;/m1./s1. The van der Waals surface area contributed by atoms with Crippen LogP contribution in [0.3, 0.4) is 0 Å². The van der Waals surface area contributed by atoms with Gasteiger partial charge in [-0.25, -0.2) is 9.24 Å². The van der Waals surface area contributed by atoms with E-state index in [1.807, 2.05) is 13.8 Å². The SMILES string of the molecule is S.[C-]#[N+]c1ccc(NC(=O)[C@@](C)(CCc2ccc(F)cc2)NC)cc1C. The van der Waals surface area contributed by atoms with E-state index in [2.05, 4.69) is 15.5 Å². The highest BCUT2D eigenvalue weighted by Gasteiger charge is 2.31. The van der Waals surface area contributed by atoms with Gasteiger partial charge in [0.25, 0.3) is 0 Å². The Hall–Kier alpha value is -2.36. The molecule has 26 heavy (non-hydrogen) atoms. The molecule has 0 radical (unpaired) electrons. The summed E-state index contributed by atoms with van der Waals surface area (Å²) in [6.07, 6.45) is 1.22. The summed E-state index contributed by atoms with van der Waals surface area (Å²) in [5, 5.41) is 5.99. The predicted molar refractivity (Wildman–Crippen MR) is 109 cm³/mol. The van der Waals surface area contributed by atoms with Gasteiger partial charge in [-0.1, -0.05) is 18.2 Å². The van der Waals surface area contributed by atoms with Gasteiger partial charge in [-0.05, 0) is 69.1 Å². The number of halogens is 1. The summed E-state index contributed by atoms with van der Waals surface area (Å²) >= 11 is 0. The van der Waals surface area contributed by atoms with Crippen molar-refractivity contribution in [2.45, 2.75) is 32.2 Å². The first kappa shape index (κ1) is 21.7. The molecule has 0 saturated carbocycles. The second-order valence-electron chi connectivity index (χ2n) is 6.28. The minimum atomic E-state index is -0.763. The van der Waals surface area contributed by atoms with Crippen molar-refractivity contribution in [3.8, 4) is 0 Å². The number of hydrogen-bond acceptors (Lipinski definition) is 2. The average Bonchev–Trinajstić information content (AvgIpc) is 2.61. The lowest BCUT2D eigenvalue weighted by Gasteiger charge is -2.28. The maximum Gasteiger partial charge on any atom is 0.244 e. The quantitative estimate of drug-likeness (QED) is 0.740. The van der Waals surface area contributed by atoms with Crippen LogP contribution in [0, 0.1) is 19.3 Å². The highest BCUT2D eigenvalue weighted by molar-refractivity contribution is 7.59. The van der Waals surface area contributed by atoms with E-state index in [9.17, 15) is 9.18 Å². The third-order valence-corrected chi connectivity index (χ3v) is 4.45. The second-order valence-corrected chi connectivity index (χ2v) is 6.28. The fourth-order valence-corrected chi connectivity index (χ4v) is 2.53. The summed E-state index contributed by atoms with van der Waals surface area (Å²) in [5.74, 6) is -0.414. The predicted octanol–water partition coefficient (Wildman–Crippen LogP) is 4.35. The normalized spacial score (nSPS) is 12.4. The van der Waals surface area contributed by atoms with Crippen LogP contribution in [-0.4, -0.2) is 18.5 Å². The van der Waals surface area contributed by atoms with Crippen LogP contribution in [-0.2, 0) is 11.2 Å². The van der Waals surface area contributed by atoms with Crippen LogP contribution in [0.1, 0.15) is 24.5 Å². The second kappa shape index (κ2) is 9.37. The zero-order chi connectivity index (χ0) is 18.4. The number of likely N-dealkylation sites (N-methyl/N-ethyl adjacent to an activating group) is 1. The number of carbonyl (C=O) groups is 1. The third kappa shape index (κ3) is 5.32. The lowest BCUT2D eigenvalue weighted by atomic mass is 9.92. The molecule has 2 rings (SSSR count). The number of anilines is 1. The van der Waals surface area contributed by atoms with Crippen molar-refractivity contribution in [2.24, 2.45) is 0 Å². The fraction of sp³-hybridized carbons (Fsp3) is 0.300. The molecule has 0 saturated heterocycles. The number of hydrogen-bond donors (Lipinski definition) is 2. The van der Waals surface area contributed by atoms with E-state index in [-0.39, 0.29) is 25.2 Å². The van der Waals surface area contributed by atoms with E-state index < -0.39 is 5.54 Å². The Morgan fingerprint density at radius 3 is 2.42 bits per heavy atom. The molecule has 4 nitrogen and oxygen atoms in total. The first-order chi connectivity index (χ1) is 11.9. The topological polar surface area (TPSA) is 45.5 Å². The van der Waals surface area contributed by atoms with Crippen LogP contribution in [0.25, 0.3) is 4.85 Å². The Bertz CT molecular complexity index is 802. The molecule has 0 aliphatic rings. The van der Waals surface area contributed by atoms with Gasteiger partial charge < -0.3 is 10.6 Å². The molecule has 1 atom stereocenters. The maximum absolute atomic E-state index is 13.0. The van der Waals surface area contributed by atoms with Crippen molar-refractivity contribution >= 4 is 30.8 Å². The number of rotatable bonds is 6. The van der Waals surface area contributed by atoms with Gasteiger partial charge in [0.15, 0.2) is 5.69 Å². The molecule has 0 fully saturated rings. The molecule has 0 unspecified atom stereocenters. The van der Waals surface area contributed by atoms with E-state index in [1.165, 1.54) is 12.1 Å². The van der Waals surface area contributed by atoms with Gasteiger partial charge in [-0.2, -0.15) is 13.5 Å². The Labute approximate surface area is 161 Å². The van der Waals surface area contributed by atoms with Crippen molar-refractivity contribution in [2.75, 3.05) is 12.4 Å². The number of benzene rings is 2. The van der Waals surface area contributed by atoms with E-state index >= 15 is 0 Å². The van der Waals surface area contributed by atoms with Crippen LogP contribution in [0.2, 0.25) is 0 Å². The number of carbonyl (C=O) groups excluding carboxylic acids is 1. The molecule has 0 heterocycles. The molecule has 0 aliphatic heterocycles. The van der Waals surface area contributed by atoms with Crippen molar-refractivity contribution in [3.63, 3.8) is 0 Å². The van der Waals surface area contributed by atoms with Gasteiger partial charge in [0.1, 0.15) is 5.82 Å². The number of nitrogens with one attached hydrogen (secondary N) is 2. The molecule has 0 spiro atoms. The van der Waals surface area contributed by atoms with Gasteiger partial charge in [0.05, 0.1) is 12.1 Å². The number of amides is 1. The third-order valence-electron chi connectivity index (χ3n) is 4.45. The molecular formula is C20H24FN3OS. The Kier molecular flexibility index (Phi) is 7.81. The molecule has 138 valence electrons.